The number of rotatable bonds is 9. The lowest BCUT2D eigenvalue weighted by molar-refractivity contribution is -0.139. The molecule has 0 aromatic carbocycles. The number of carboxylic acid groups (broad SMARTS) is 1. The largest absolute Gasteiger partial charge is 0.480 e. The highest BCUT2D eigenvalue weighted by Gasteiger charge is 2.18. The van der Waals surface area contributed by atoms with E-state index in [1.807, 2.05) is 21.0 Å². The van der Waals surface area contributed by atoms with Gasteiger partial charge in [-0.1, -0.05) is 13.3 Å². The van der Waals surface area contributed by atoms with Crippen LogP contribution < -0.4 is 10.6 Å². The van der Waals surface area contributed by atoms with Gasteiger partial charge in [0.1, 0.15) is 6.04 Å². The van der Waals surface area contributed by atoms with Gasteiger partial charge in [0.05, 0.1) is 0 Å². The maximum atomic E-state index is 11.4. The standard InChI is InChI=1S/C12H25N3O3/c1-4-7-10(11(16)17)14-12(18)13-8-5-6-9-15(2)3/h10H,4-9H2,1-3H3,(H,16,17)(H2,13,14,18)/t10-/m0/s1. The SMILES string of the molecule is CCC[C@H](NC(=O)NCCCCN(C)C)C(=O)O. The molecule has 0 heterocycles. The summed E-state index contributed by atoms with van der Waals surface area (Å²) in [6.07, 6.45) is 3.06. The number of amides is 2. The Kier molecular flexibility index (Phi) is 9.00. The summed E-state index contributed by atoms with van der Waals surface area (Å²) >= 11 is 0. The molecular weight excluding hydrogens is 234 g/mol. The Morgan fingerprint density at radius 3 is 2.44 bits per heavy atom. The van der Waals surface area contributed by atoms with E-state index in [0.717, 1.165) is 25.8 Å². The van der Waals surface area contributed by atoms with Crippen LogP contribution in [0.4, 0.5) is 4.79 Å². The van der Waals surface area contributed by atoms with Gasteiger partial charge in [0.25, 0.3) is 0 Å². The minimum absolute atomic E-state index is 0.402. The van der Waals surface area contributed by atoms with Crippen LogP contribution in [0.5, 0.6) is 0 Å². The number of aliphatic carboxylic acids is 1. The van der Waals surface area contributed by atoms with Gasteiger partial charge in [0.15, 0.2) is 0 Å². The molecule has 18 heavy (non-hydrogen) atoms. The number of carbonyl (C=O) groups excluding carboxylic acids is 1. The topological polar surface area (TPSA) is 81.7 Å². The fourth-order valence-electron chi connectivity index (χ4n) is 1.51. The van der Waals surface area contributed by atoms with E-state index in [1.54, 1.807) is 0 Å². The second-order valence-corrected chi connectivity index (χ2v) is 4.59. The molecule has 0 fully saturated rings. The first-order valence-electron chi connectivity index (χ1n) is 6.39. The van der Waals surface area contributed by atoms with Crippen LogP contribution >= 0.6 is 0 Å². The van der Waals surface area contributed by atoms with E-state index in [9.17, 15) is 9.59 Å². The lowest BCUT2D eigenvalue weighted by atomic mass is 10.2. The maximum absolute atomic E-state index is 11.4. The van der Waals surface area contributed by atoms with Crippen molar-refractivity contribution in [1.29, 1.82) is 0 Å². The molecule has 1 atom stereocenters. The predicted octanol–water partition coefficient (Wildman–Crippen LogP) is 0.881. The van der Waals surface area contributed by atoms with E-state index < -0.39 is 18.0 Å². The van der Waals surface area contributed by atoms with Crippen LogP contribution in [0.2, 0.25) is 0 Å². The second kappa shape index (κ2) is 9.70. The Balaban J connectivity index is 3.71. The molecule has 0 bridgehead atoms. The van der Waals surface area contributed by atoms with Crippen molar-refractivity contribution in [3.05, 3.63) is 0 Å². The van der Waals surface area contributed by atoms with Crippen LogP contribution in [-0.2, 0) is 4.79 Å². The Hall–Kier alpha value is -1.30. The molecular formula is C12H25N3O3. The van der Waals surface area contributed by atoms with Gasteiger partial charge < -0.3 is 20.6 Å². The number of hydrogen-bond donors (Lipinski definition) is 3. The van der Waals surface area contributed by atoms with Gasteiger partial charge in [-0.2, -0.15) is 0 Å². The minimum atomic E-state index is -0.986. The van der Waals surface area contributed by atoms with Gasteiger partial charge >= 0.3 is 12.0 Å². The molecule has 0 radical (unpaired) electrons. The van der Waals surface area contributed by atoms with E-state index in [0.29, 0.717) is 13.0 Å². The molecule has 0 aromatic rings. The van der Waals surface area contributed by atoms with Crippen molar-refractivity contribution in [3.8, 4) is 0 Å². The van der Waals surface area contributed by atoms with E-state index in [4.69, 9.17) is 5.11 Å². The molecule has 106 valence electrons. The highest BCUT2D eigenvalue weighted by Crippen LogP contribution is 1.96. The van der Waals surface area contributed by atoms with Crippen LogP contribution in [0.1, 0.15) is 32.6 Å². The zero-order chi connectivity index (χ0) is 14.0. The van der Waals surface area contributed by atoms with Gasteiger partial charge in [-0.05, 0) is 39.9 Å². The lowest BCUT2D eigenvalue weighted by Crippen LogP contribution is -2.46. The molecule has 0 aliphatic carbocycles. The summed E-state index contributed by atoms with van der Waals surface area (Å²) in [4.78, 5) is 24.3. The number of carbonyl (C=O) groups is 2. The fraction of sp³-hybridized carbons (Fsp3) is 0.833. The summed E-state index contributed by atoms with van der Waals surface area (Å²) < 4.78 is 0. The number of urea groups is 1. The first-order valence-corrected chi connectivity index (χ1v) is 6.39. The third-order valence-corrected chi connectivity index (χ3v) is 2.50. The Morgan fingerprint density at radius 1 is 1.28 bits per heavy atom. The van der Waals surface area contributed by atoms with Crippen LogP contribution in [0.3, 0.4) is 0 Å². The fourth-order valence-corrected chi connectivity index (χ4v) is 1.51. The average molecular weight is 259 g/mol. The zero-order valence-electron chi connectivity index (χ0n) is 11.5. The van der Waals surface area contributed by atoms with Crippen LogP contribution in [-0.4, -0.2) is 55.2 Å². The van der Waals surface area contributed by atoms with Gasteiger partial charge in [-0.3, -0.25) is 0 Å². The average Bonchev–Trinajstić information content (AvgIpc) is 2.27. The molecule has 0 saturated carbocycles. The number of nitrogens with one attached hydrogen (secondary N) is 2. The molecule has 0 aliphatic rings. The van der Waals surface area contributed by atoms with Crippen molar-refractivity contribution in [2.45, 2.75) is 38.6 Å². The van der Waals surface area contributed by atoms with Crippen molar-refractivity contribution >= 4 is 12.0 Å². The summed E-state index contributed by atoms with van der Waals surface area (Å²) in [6.45, 7) is 3.44. The molecule has 0 saturated heterocycles. The molecule has 0 spiro atoms. The van der Waals surface area contributed by atoms with Crippen LogP contribution in [0.25, 0.3) is 0 Å². The summed E-state index contributed by atoms with van der Waals surface area (Å²) in [6, 6.07) is -1.20. The number of unbranched alkanes of at least 4 members (excludes halogenated alkanes) is 1. The second-order valence-electron chi connectivity index (χ2n) is 4.59. The van der Waals surface area contributed by atoms with Gasteiger partial charge in [0, 0.05) is 6.54 Å². The number of carboxylic acids is 1. The molecule has 0 rings (SSSR count). The van der Waals surface area contributed by atoms with E-state index in [-0.39, 0.29) is 0 Å². The van der Waals surface area contributed by atoms with E-state index >= 15 is 0 Å². The quantitative estimate of drug-likeness (QED) is 0.537. The summed E-state index contributed by atoms with van der Waals surface area (Å²) in [5, 5.41) is 14.0. The smallest absolute Gasteiger partial charge is 0.326 e. The number of hydrogen-bond acceptors (Lipinski definition) is 3. The number of nitrogens with zero attached hydrogens (tertiary/aromatic N) is 1. The Labute approximate surface area is 109 Å². The van der Waals surface area contributed by atoms with Crippen molar-refractivity contribution in [2.75, 3.05) is 27.2 Å². The van der Waals surface area contributed by atoms with Gasteiger partial charge in [-0.25, -0.2) is 9.59 Å². The molecule has 3 N–H and O–H groups in total. The normalized spacial score (nSPS) is 12.2. The van der Waals surface area contributed by atoms with Crippen molar-refractivity contribution < 1.29 is 14.7 Å². The van der Waals surface area contributed by atoms with Crippen molar-refractivity contribution in [3.63, 3.8) is 0 Å². The first-order chi connectivity index (χ1) is 8.47. The molecule has 0 aliphatic heterocycles. The summed E-state index contributed by atoms with van der Waals surface area (Å²) in [7, 11) is 4.00. The van der Waals surface area contributed by atoms with Crippen molar-refractivity contribution in [1.82, 2.24) is 15.5 Å². The molecule has 2 amide bonds. The molecule has 6 heteroatoms. The third kappa shape index (κ3) is 8.81. The monoisotopic (exact) mass is 259 g/mol. The maximum Gasteiger partial charge on any atom is 0.326 e. The third-order valence-electron chi connectivity index (χ3n) is 2.50. The van der Waals surface area contributed by atoms with Crippen LogP contribution in [0.15, 0.2) is 0 Å². The highest BCUT2D eigenvalue weighted by molar-refractivity contribution is 5.82. The first kappa shape index (κ1) is 16.7. The van der Waals surface area contributed by atoms with Gasteiger partial charge in [0.2, 0.25) is 0 Å². The minimum Gasteiger partial charge on any atom is -0.480 e. The lowest BCUT2D eigenvalue weighted by Gasteiger charge is -2.14. The molecule has 6 nitrogen and oxygen atoms in total. The van der Waals surface area contributed by atoms with E-state index in [2.05, 4.69) is 15.5 Å². The highest BCUT2D eigenvalue weighted by atomic mass is 16.4. The molecule has 0 unspecified atom stereocenters. The predicted molar refractivity (Wildman–Crippen MR) is 70.7 cm³/mol. The van der Waals surface area contributed by atoms with Crippen LogP contribution in [0, 0.1) is 0 Å². The summed E-state index contributed by atoms with van der Waals surface area (Å²) in [5.74, 6) is -0.986. The Morgan fingerprint density at radius 2 is 1.94 bits per heavy atom. The van der Waals surface area contributed by atoms with E-state index in [1.165, 1.54) is 0 Å². The molecule has 0 aromatic heterocycles. The Bertz CT molecular complexity index is 257. The van der Waals surface area contributed by atoms with Crippen molar-refractivity contribution in [2.24, 2.45) is 0 Å². The van der Waals surface area contributed by atoms with Gasteiger partial charge in [-0.15, -0.1) is 0 Å². The zero-order valence-corrected chi connectivity index (χ0v) is 11.5. The summed E-state index contributed by atoms with van der Waals surface area (Å²) in [5.41, 5.74) is 0.